The number of carboxylic acids is 1. The predicted molar refractivity (Wildman–Crippen MR) is 127 cm³/mol. The normalized spacial score (nSPS) is 18.3. The maximum absolute atomic E-state index is 12.4. The molecule has 2 aliphatic rings. The molecule has 1 heterocycles. The standard InChI is InChI=1S/C26H26BrF2NO2/c27-23-3-1-2-20-15-21(26(31)32)8-9-22(20)25(23)19-6-4-17(5-7-19)14-18-10-12-30(16-18)13-11-24(28)29/h4-9,14-15,24H,1-3,10-13,16H2,(H,31,32)/b18-14-. The van der Waals surface area contributed by atoms with Gasteiger partial charge in [-0.05, 0) is 65.6 Å². The summed E-state index contributed by atoms with van der Waals surface area (Å²) >= 11 is 3.77. The highest BCUT2D eigenvalue weighted by molar-refractivity contribution is 9.11. The molecule has 1 aliphatic carbocycles. The van der Waals surface area contributed by atoms with E-state index in [1.54, 1.807) is 12.1 Å². The number of aryl methyl sites for hydroxylation is 1. The van der Waals surface area contributed by atoms with Gasteiger partial charge in [0.1, 0.15) is 0 Å². The molecule has 4 rings (SSSR count). The second-order valence-corrected chi connectivity index (χ2v) is 9.40. The van der Waals surface area contributed by atoms with Crippen molar-refractivity contribution in [2.75, 3.05) is 19.6 Å². The fraction of sp³-hybridized carbons (Fsp3) is 0.346. The van der Waals surface area contributed by atoms with Crippen LogP contribution in [0.2, 0.25) is 0 Å². The van der Waals surface area contributed by atoms with Gasteiger partial charge in [-0.1, -0.05) is 57.9 Å². The molecule has 0 atom stereocenters. The molecule has 32 heavy (non-hydrogen) atoms. The van der Waals surface area contributed by atoms with Gasteiger partial charge in [-0.2, -0.15) is 0 Å². The van der Waals surface area contributed by atoms with Crippen LogP contribution in [-0.4, -0.2) is 42.0 Å². The van der Waals surface area contributed by atoms with E-state index in [0.29, 0.717) is 12.1 Å². The Kier molecular flexibility index (Phi) is 7.21. The average molecular weight is 502 g/mol. The Labute approximate surface area is 195 Å². The first kappa shape index (κ1) is 22.9. The zero-order chi connectivity index (χ0) is 22.7. The maximum Gasteiger partial charge on any atom is 0.335 e. The minimum absolute atomic E-state index is 0.0681. The summed E-state index contributed by atoms with van der Waals surface area (Å²) in [5.41, 5.74) is 7.05. The van der Waals surface area contributed by atoms with E-state index in [-0.39, 0.29) is 6.42 Å². The van der Waals surface area contributed by atoms with Crippen LogP contribution >= 0.6 is 15.9 Å². The Balaban J connectivity index is 1.55. The molecular formula is C26H26BrF2NO2. The Morgan fingerprint density at radius 1 is 1.12 bits per heavy atom. The van der Waals surface area contributed by atoms with Crippen molar-refractivity contribution >= 4 is 33.5 Å². The minimum Gasteiger partial charge on any atom is -0.478 e. The molecule has 0 saturated carbocycles. The van der Waals surface area contributed by atoms with Crippen molar-refractivity contribution in [3.63, 3.8) is 0 Å². The number of nitrogens with zero attached hydrogens (tertiary/aromatic N) is 1. The van der Waals surface area contributed by atoms with E-state index in [4.69, 9.17) is 0 Å². The second-order valence-electron chi connectivity index (χ2n) is 8.44. The van der Waals surface area contributed by atoms with Crippen LogP contribution < -0.4 is 0 Å². The molecule has 3 nitrogen and oxygen atoms in total. The van der Waals surface area contributed by atoms with Crippen molar-refractivity contribution in [3.8, 4) is 0 Å². The number of carbonyl (C=O) groups is 1. The number of carboxylic acid groups (broad SMARTS) is 1. The highest BCUT2D eigenvalue weighted by Gasteiger charge is 2.20. The third kappa shape index (κ3) is 5.36. The first-order chi connectivity index (χ1) is 15.4. The third-order valence-electron chi connectivity index (χ3n) is 6.14. The van der Waals surface area contributed by atoms with Crippen LogP contribution in [-0.2, 0) is 6.42 Å². The molecule has 0 amide bonds. The number of likely N-dealkylation sites (tertiary alicyclic amines) is 1. The van der Waals surface area contributed by atoms with Crippen LogP contribution in [0, 0.1) is 0 Å². The Hall–Kier alpha value is -2.31. The second kappa shape index (κ2) is 10.1. The van der Waals surface area contributed by atoms with Gasteiger partial charge in [0.25, 0.3) is 0 Å². The molecule has 1 aliphatic heterocycles. The van der Waals surface area contributed by atoms with E-state index >= 15 is 0 Å². The number of halogens is 3. The third-order valence-corrected chi connectivity index (χ3v) is 6.94. The lowest BCUT2D eigenvalue weighted by atomic mass is 9.92. The van der Waals surface area contributed by atoms with Crippen molar-refractivity contribution < 1.29 is 18.7 Å². The number of allylic oxidation sites excluding steroid dienone is 1. The number of fused-ring (bicyclic) bond motifs is 1. The zero-order valence-corrected chi connectivity index (χ0v) is 19.4. The summed E-state index contributed by atoms with van der Waals surface area (Å²) < 4.78 is 26.0. The molecular weight excluding hydrogens is 476 g/mol. The monoisotopic (exact) mass is 501 g/mol. The Morgan fingerprint density at radius 2 is 1.91 bits per heavy atom. The molecule has 0 aromatic heterocycles. The number of aromatic carboxylic acids is 1. The van der Waals surface area contributed by atoms with Gasteiger partial charge in [-0.15, -0.1) is 0 Å². The number of rotatable bonds is 6. The summed E-state index contributed by atoms with van der Waals surface area (Å²) in [6.07, 6.45) is 3.49. The lowest BCUT2D eigenvalue weighted by Gasteiger charge is -2.14. The molecule has 1 fully saturated rings. The van der Waals surface area contributed by atoms with Gasteiger partial charge in [0.05, 0.1) is 5.56 Å². The first-order valence-electron chi connectivity index (χ1n) is 11.0. The zero-order valence-electron chi connectivity index (χ0n) is 17.8. The summed E-state index contributed by atoms with van der Waals surface area (Å²) in [5, 5.41) is 9.35. The average Bonchev–Trinajstić information content (AvgIpc) is 3.14. The Morgan fingerprint density at radius 3 is 2.62 bits per heavy atom. The summed E-state index contributed by atoms with van der Waals surface area (Å²) in [5.74, 6) is -0.904. The first-order valence-corrected chi connectivity index (χ1v) is 11.8. The molecule has 0 radical (unpaired) electrons. The van der Waals surface area contributed by atoms with E-state index in [0.717, 1.165) is 71.1 Å². The number of hydrogen-bond donors (Lipinski definition) is 1. The van der Waals surface area contributed by atoms with Crippen LogP contribution in [0.15, 0.2) is 52.5 Å². The molecule has 1 N–H and O–H groups in total. The molecule has 168 valence electrons. The van der Waals surface area contributed by atoms with E-state index in [9.17, 15) is 18.7 Å². The van der Waals surface area contributed by atoms with Crippen molar-refractivity contribution in [2.45, 2.75) is 38.5 Å². The topological polar surface area (TPSA) is 40.5 Å². The van der Waals surface area contributed by atoms with Gasteiger partial charge in [-0.25, -0.2) is 13.6 Å². The van der Waals surface area contributed by atoms with E-state index < -0.39 is 12.4 Å². The summed E-state index contributed by atoms with van der Waals surface area (Å²) in [7, 11) is 0. The highest BCUT2D eigenvalue weighted by Crippen LogP contribution is 2.38. The smallest absolute Gasteiger partial charge is 0.335 e. The minimum atomic E-state index is -2.24. The van der Waals surface area contributed by atoms with Gasteiger partial charge < -0.3 is 5.11 Å². The fourth-order valence-corrected chi connectivity index (χ4v) is 5.24. The van der Waals surface area contributed by atoms with Crippen LogP contribution in [0.1, 0.15) is 58.3 Å². The molecule has 0 spiro atoms. The predicted octanol–water partition coefficient (Wildman–Crippen LogP) is 6.62. The van der Waals surface area contributed by atoms with Gasteiger partial charge in [0.15, 0.2) is 0 Å². The fourth-order valence-electron chi connectivity index (χ4n) is 4.51. The molecule has 0 unspecified atom stereocenters. The maximum atomic E-state index is 12.4. The van der Waals surface area contributed by atoms with Gasteiger partial charge >= 0.3 is 5.97 Å². The molecule has 0 bridgehead atoms. The van der Waals surface area contributed by atoms with Crippen molar-refractivity contribution in [2.24, 2.45) is 0 Å². The van der Waals surface area contributed by atoms with Crippen LogP contribution in [0.3, 0.4) is 0 Å². The Bertz CT molecular complexity index is 1060. The lowest BCUT2D eigenvalue weighted by molar-refractivity contribution is 0.0696. The molecule has 6 heteroatoms. The van der Waals surface area contributed by atoms with Crippen molar-refractivity contribution in [1.82, 2.24) is 4.90 Å². The number of benzene rings is 2. The van der Waals surface area contributed by atoms with E-state index in [1.165, 1.54) is 5.57 Å². The van der Waals surface area contributed by atoms with Crippen LogP contribution in [0.4, 0.5) is 8.78 Å². The largest absolute Gasteiger partial charge is 0.478 e. The number of hydrogen-bond acceptors (Lipinski definition) is 2. The summed E-state index contributed by atoms with van der Waals surface area (Å²) in [6, 6.07) is 13.8. The van der Waals surface area contributed by atoms with Gasteiger partial charge in [-0.3, -0.25) is 4.90 Å². The molecule has 1 saturated heterocycles. The quantitative estimate of drug-likeness (QED) is 0.483. The molecule has 2 aromatic carbocycles. The van der Waals surface area contributed by atoms with Crippen LogP contribution in [0.5, 0.6) is 0 Å². The van der Waals surface area contributed by atoms with Crippen LogP contribution in [0.25, 0.3) is 11.6 Å². The van der Waals surface area contributed by atoms with Crippen molar-refractivity contribution in [1.29, 1.82) is 0 Å². The highest BCUT2D eigenvalue weighted by atomic mass is 79.9. The van der Waals surface area contributed by atoms with E-state index in [2.05, 4.69) is 51.2 Å². The summed E-state index contributed by atoms with van der Waals surface area (Å²) in [6.45, 7) is 2.04. The van der Waals surface area contributed by atoms with Gasteiger partial charge in [0.2, 0.25) is 6.43 Å². The lowest BCUT2D eigenvalue weighted by Crippen LogP contribution is -2.22. The van der Waals surface area contributed by atoms with Crippen molar-refractivity contribution in [3.05, 3.63) is 80.3 Å². The SMILES string of the molecule is O=C(O)c1ccc2c(c1)CCCC(Br)=C2c1ccc(/C=C2/CCN(CCC(F)F)C2)cc1. The van der Waals surface area contributed by atoms with E-state index in [1.807, 2.05) is 6.07 Å². The van der Waals surface area contributed by atoms with Gasteiger partial charge in [0, 0.05) is 30.5 Å². The summed E-state index contributed by atoms with van der Waals surface area (Å²) in [4.78, 5) is 13.5. The molecule has 2 aromatic rings. The number of alkyl halides is 2.